The minimum Gasteiger partial charge on any atom is -0.459 e. The van der Waals surface area contributed by atoms with Crippen LogP contribution in [0, 0.1) is 11.8 Å². The molecular weight excluding hydrogens is 494 g/mol. The second-order valence-corrected chi connectivity index (χ2v) is 10.6. The Balaban J connectivity index is 1.45. The number of ether oxygens (including phenoxy) is 1. The van der Waals surface area contributed by atoms with Crippen LogP contribution in [0.3, 0.4) is 0 Å². The average molecular weight is 516 g/mol. The van der Waals surface area contributed by atoms with E-state index in [9.17, 15) is 14.4 Å². The summed E-state index contributed by atoms with van der Waals surface area (Å²) in [6.07, 6.45) is -0.231. The smallest absolute Gasteiger partial charge is 0.338 e. The van der Waals surface area contributed by atoms with E-state index >= 15 is 0 Å². The maximum absolute atomic E-state index is 13.9. The zero-order valence-electron chi connectivity index (χ0n) is 18.7. The molecule has 1 heterocycles. The lowest BCUT2D eigenvalue weighted by Crippen LogP contribution is -2.50. The molecule has 2 atom stereocenters. The van der Waals surface area contributed by atoms with Crippen LogP contribution in [-0.4, -0.2) is 23.9 Å². The van der Waals surface area contributed by atoms with Gasteiger partial charge in [0, 0.05) is 5.92 Å². The summed E-state index contributed by atoms with van der Waals surface area (Å²) in [5.41, 5.74) is 5.13. The number of hydrogen-bond acceptors (Lipinski definition) is 4. The molecule has 170 valence electrons. The van der Waals surface area contributed by atoms with E-state index in [4.69, 9.17) is 4.74 Å². The van der Waals surface area contributed by atoms with Gasteiger partial charge in [0.05, 0.1) is 33.5 Å². The Morgan fingerprint density at radius 3 is 2.00 bits per heavy atom. The molecule has 0 radical (unpaired) electrons. The lowest BCUT2D eigenvalue weighted by Gasteiger charge is -2.51. The highest BCUT2D eigenvalue weighted by Gasteiger charge is 2.67. The molecule has 0 unspecified atom stereocenters. The number of hydrogen-bond donors (Lipinski definition) is 0. The van der Waals surface area contributed by atoms with Crippen LogP contribution in [0.5, 0.6) is 0 Å². The summed E-state index contributed by atoms with van der Waals surface area (Å²) >= 11 is 4.00. The van der Waals surface area contributed by atoms with Crippen molar-refractivity contribution in [3.05, 3.63) is 101 Å². The number of nitrogens with zero attached hydrogens (tertiary/aromatic N) is 1. The predicted octanol–water partition coefficient (Wildman–Crippen LogP) is 5.16. The van der Waals surface area contributed by atoms with Crippen LogP contribution in [-0.2, 0) is 18.7 Å². The maximum atomic E-state index is 13.9. The van der Waals surface area contributed by atoms with Gasteiger partial charge < -0.3 is 4.74 Å². The Kier molecular flexibility index (Phi) is 4.62. The third-order valence-electron chi connectivity index (χ3n) is 7.22. The highest BCUT2D eigenvalue weighted by Crippen LogP contribution is 2.66. The quantitative estimate of drug-likeness (QED) is 0.274. The monoisotopic (exact) mass is 515 g/mol. The fraction of sp³-hybridized carbons (Fsp3) is 0.250. The molecule has 3 aliphatic carbocycles. The topological polar surface area (TPSA) is 63.7 Å². The van der Waals surface area contributed by atoms with Gasteiger partial charge in [-0.3, -0.25) is 9.59 Å². The zero-order chi connectivity index (χ0) is 23.8. The van der Waals surface area contributed by atoms with Gasteiger partial charge in [-0.2, -0.15) is 0 Å². The first-order chi connectivity index (χ1) is 16.3. The number of carbonyl (C=O) groups is 3. The van der Waals surface area contributed by atoms with Gasteiger partial charge in [0.2, 0.25) is 11.8 Å². The molecule has 7 rings (SSSR count). The SMILES string of the molecule is CC(C)OC(=O)c1ccc(N2C(=O)[C@@H]3C4c5ccccc5C(Br)(c5ccccc54)[C@@H]3C2=O)cc1. The van der Waals surface area contributed by atoms with E-state index in [0.29, 0.717) is 11.3 Å². The summed E-state index contributed by atoms with van der Waals surface area (Å²) in [6.45, 7) is 3.58. The normalized spacial score (nSPS) is 26.4. The third kappa shape index (κ3) is 2.69. The average Bonchev–Trinajstić information content (AvgIpc) is 3.10. The highest BCUT2D eigenvalue weighted by molar-refractivity contribution is 9.09. The van der Waals surface area contributed by atoms with Crippen molar-refractivity contribution < 1.29 is 19.1 Å². The second-order valence-electron chi connectivity index (χ2n) is 9.38. The van der Waals surface area contributed by atoms with E-state index in [2.05, 4.69) is 40.2 Å². The van der Waals surface area contributed by atoms with E-state index in [1.807, 2.05) is 24.3 Å². The number of esters is 1. The van der Waals surface area contributed by atoms with Crippen molar-refractivity contribution in [2.24, 2.45) is 11.8 Å². The van der Waals surface area contributed by atoms with Gasteiger partial charge in [-0.1, -0.05) is 64.5 Å². The van der Waals surface area contributed by atoms with E-state index < -0.39 is 22.1 Å². The standard InChI is InChI=1S/C28H22BrNO4/c1-15(2)34-27(33)16-11-13-17(14-12-16)30-25(31)23-22-18-7-3-5-9-20(18)28(29,24(23)26(30)32)21-10-6-4-8-19(21)22/h3-15,22-24H,1-2H3/t22?,23-,24+,28?/m1/s1. The number of benzene rings is 3. The van der Waals surface area contributed by atoms with Gasteiger partial charge in [0.15, 0.2) is 0 Å². The first kappa shape index (κ1) is 21.3. The second kappa shape index (κ2) is 7.37. The molecule has 0 aromatic heterocycles. The largest absolute Gasteiger partial charge is 0.459 e. The van der Waals surface area contributed by atoms with Gasteiger partial charge >= 0.3 is 5.97 Å². The van der Waals surface area contributed by atoms with Crippen LogP contribution in [0.1, 0.15) is 52.4 Å². The highest BCUT2D eigenvalue weighted by atomic mass is 79.9. The molecule has 0 saturated carbocycles. The molecule has 0 N–H and O–H groups in total. The Morgan fingerprint density at radius 1 is 0.882 bits per heavy atom. The molecule has 34 heavy (non-hydrogen) atoms. The number of anilines is 1. The Morgan fingerprint density at radius 2 is 1.44 bits per heavy atom. The van der Waals surface area contributed by atoms with Crippen molar-refractivity contribution >= 4 is 39.4 Å². The third-order valence-corrected chi connectivity index (χ3v) is 8.57. The number of alkyl halides is 1. The van der Waals surface area contributed by atoms with Crippen LogP contribution in [0.15, 0.2) is 72.8 Å². The fourth-order valence-corrected chi connectivity index (χ4v) is 7.17. The number of imide groups is 1. The summed E-state index contributed by atoms with van der Waals surface area (Å²) in [5, 5.41) is 0. The van der Waals surface area contributed by atoms with E-state index in [-0.39, 0.29) is 23.8 Å². The summed E-state index contributed by atoms with van der Waals surface area (Å²) < 4.78 is 4.47. The molecule has 0 spiro atoms. The maximum Gasteiger partial charge on any atom is 0.338 e. The molecule has 1 fully saturated rings. The van der Waals surface area contributed by atoms with Crippen molar-refractivity contribution in [1.82, 2.24) is 0 Å². The molecule has 5 nitrogen and oxygen atoms in total. The van der Waals surface area contributed by atoms with E-state index in [0.717, 1.165) is 22.3 Å². The molecule has 3 aromatic rings. The molecule has 6 heteroatoms. The molecule has 1 saturated heterocycles. The van der Waals surface area contributed by atoms with Gasteiger partial charge in [-0.15, -0.1) is 0 Å². The van der Waals surface area contributed by atoms with Gasteiger partial charge in [0.1, 0.15) is 0 Å². The minimum atomic E-state index is -0.776. The molecule has 3 aromatic carbocycles. The van der Waals surface area contributed by atoms with Gasteiger partial charge in [-0.05, 0) is 60.4 Å². The Bertz CT molecular complexity index is 1320. The molecule has 4 aliphatic rings. The lowest BCUT2D eigenvalue weighted by atomic mass is 9.55. The van der Waals surface area contributed by atoms with Crippen LogP contribution < -0.4 is 4.90 Å². The van der Waals surface area contributed by atoms with E-state index in [1.54, 1.807) is 38.1 Å². The predicted molar refractivity (Wildman–Crippen MR) is 131 cm³/mol. The summed E-state index contributed by atoms with van der Waals surface area (Å²) in [7, 11) is 0. The Hall–Kier alpha value is -3.25. The summed E-state index contributed by atoms with van der Waals surface area (Å²) in [4.78, 5) is 41.3. The van der Waals surface area contributed by atoms with Crippen molar-refractivity contribution in [3.63, 3.8) is 0 Å². The lowest BCUT2D eigenvalue weighted by molar-refractivity contribution is -0.122. The van der Waals surface area contributed by atoms with Crippen LogP contribution in [0.2, 0.25) is 0 Å². The van der Waals surface area contributed by atoms with Crippen LogP contribution >= 0.6 is 15.9 Å². The Labute approximate surface area is 205 Å². The number of halogens is 1. The summed E-state index contributed by atoms with van der Waals surface area (Å²) in [6, 6.07) is 22.7. The van der Waals surface area contributed by atoms with Crippen molar-refractivity contribution in [1.29, 1.82) is 0 Å². The number of rotatable bonds is 3. The van der Waals surface area contributed by atoms with E-state index in [1.165, 1.54) is 4.90 Å². The minimum absolute atomic E-state index is 0.182. The van der Waals surface area contributed by atoms with Crippen molar-refractivity contribution in [2.45, 2.75) is 30.2 Å². The van der Waals surface area contributed by atoms with Crippen LogP contribution in [0.4, 0.5) is 5.69 Å². The first-order valence-electron chi connectivity index (χ1n) is 11.4. The van der Waals surface area contributed by atoms with Gasteiger partial charge in [-0.25, -0.2) is 9.69 Å². The first-order valence-corrected chi connectivity index (χ1v) is 12.2. The molecular formula is C28H22BrNO4. The van der Waals surface area contributed by atoms with Crippen molar-refractivity contribution in [2.75, 3.05) is 4.90 Å². The fourth-order valence-electron chi connectivity index (χ4n) is 5.96. The van der Waals surface area contributed by atoms with Crippen LogP contribution in [0.25, 0.3) is 0 Å². The zero-order valence-corrected chi connectivity index (χ0v) is 20.3. The summed E-state index contributed by atoms with van der Waals surface area (Å²) in [5.74, 6) is -2.09. The molecule has 2 amide bonds. The van der Waals surface area contributed by atoms with Crippen molar-refractivity contribution in [3.8, 4) is 0 Å². The number of amides is 2. The molecule has 1 aliphatic heterocycles. The molecule has 2 bridgehead atoms. The number of carbonyl (C=O) groups excluding carboxylic acids is 3. The van der Waals surface area contributed by atoms with Gasteiger partial charge in [0.25, 0.3) is 0 Å².